The number of aromatic nitrogens is 2. The fourth-order valence-electron chi connectivity index (χ4n) is 5.28. The fourth-order valence-corrected chi connectivity index (χ4v) is 5.28. The van der Waals surface area contributed by atoms with Gasteiger partial charge < -0.3 is 25.8 Å². The largest absolute Gasteiger partial charge is 0.421 e. The summed E-state index contributed by atoms with van der Waals surface area (Å²) in [4.78, 5) is 37.0. The summed E-state index contributed by atoms with van der Waals surface area (Å²) in [5.41, 5.74) is -0.300. The Morgan fingerprint density at radius 2 is 1.69 bits per heavy atom. The van der Waals surface area contributed by atoms with Gasteiger partial charge in [-0.3, -0.25) is 9.59 Å². The van der Waals surface area contributed by atoms with Crippen molar-refractivity contribution in [2.75, 3.05) is 44.4 Å². The van der Waals surface area contributed by atoms with E-state index in [1.54, 1.807) is 36.2 Å². The van der Waals surface area contributed by atoms with Gasteiger partial charge in [0.2, 0.25) is 11.9 Å². The van der Waals surface area contributed by atoms with Gasteiger partial charge in [-0.05, 0) is 70.1 Å². The molecule has 1 aliphatic heterocycles. The van der Waals surface area contributed by atoms with Crippen molar-refractivity contribution in [3.05, 3.63) is 41.6 Å². The van der Waals surface area contributed by atoms with E-state index in [4.69, 9.17) is 0 Å². The molecule has 230 valence electrons. The first-order valence-electron chi connectivity index (χ1n) is 13.6. The third-order valence-electron chi connectivity index (χ3n) is 7.68. The van der Waals surface area contributed by atoms with Crippen molar-refractivity contribution in [1.82, 2.24) is 25.1 Å². The van der Waals surface area contributed by atoms with Crippen molar-refractivity contribution in [2.45, 2.75) is 56.5 Å². The summed E-state index contributed by atoms with van der Waals surface area (Å²) in [5, 5.41) is 7.26. The van der Waals surface area contributed by atoms with Crippen molar-refractivity contribution in [2.24, 2.45) is 5.92 Å². The maximum Gasteiger partial charge on any atom is 0.421 e. The van der Waals surface area contributed by atoms with E-state index < -0.39 is 48.1 Å². The molecular weight excluding hydrogens is 568 g/mol. The number of alkyl halides is 6. The summed E-state index contributed by atoms with van der Waals surface area (Å²) >= 11 is 0. The van der Waals surface area contributed by atoms with Crippen LogP contribution in [0.15, 0.2) is 30.5 Å². The summed E-state index contributed by atoms with van der Waals surface area (Å²) in [6.45, 7) is 0.285. The average molecular weight is 602 g/mol. The Kier molecular flexibility index (Phi) is 9.48. The van der Waals surface area contributed by atoms with Crippen LogP contribution < -0.4 is 16.0 Å². The predicted molar refractivity (Wildman–Crippen MR) is 143 cm³/mol. The lowest BCUT2D eigenvalue weighted by Gasteiger charge is -2.35. The first-order chi connectivity index (χ1) is 19.7. The number of carbonyl (C=O) groups is 2. The van der Waals surface area contributed by atoms with E-state index in [0.29, 0.717) is 23.9 Å². The molecule has 2 heterocycles. The molecule has 0 spiro atoms. The highest BCUT2D eigenvalue weighted by molar-refractivity contribution is 5.94. The second-order valence-electron chi connectivity index (χ2n) is 10.7. The molecule has 1 unspecified atom stereocenters. The van der Waals surface area contributed by atoms with Crippen molar-refractivity contribution in [3.63, 3.8) is 0 Å². The fraction of sp³-hybridized carbons (Fsp3) is 0.556. The summed E-state index contributed by atoms with van der Waals surface area (Å²) < 4.78 is 78.9. The van der Waals surface area contributed by atoms with Gasteiger partial charge in [-0.2, -0.15) is 31.3 Å². The zero-order chi connectivity index (χ0) is 30.7. The minimum atomic E-state index is -4.82. The number of likely N-dealkylation sites (tertiary alicyclic amines) is 1. The van der Waals surface area contributed by atoms with Crippen LogP contribution in [-0.4, -0.2) is 83.6 Å². The van der Waals surface area contributed by atoms with Crippen LogP contribution in [0.3, 0.4) is 0 Å². The average Bonchev–Trinajstić information content (AvgIpc) is 3.39. The maximum atomic E-state index is 13.7. The molecular formula is C27H33F6N7O2. The van der Waals surface area contributed by atoms with Crippen molar-refractivity contribution in [1.29, 1.82) is 0 Å². The monoisotopic (exact) mass is 601 g/mol. The smallest absolute Gasteiger partial charge is 0.366 e. The van der Waals surface area contributed by atoms with Gasteiger partial charge in [-0.25, -0.2) is 4.98 Å². The molecule has 0 bridgehead atoms. The number of piperidine rings is 1. The third-order valence-corrected chi connectivity index (χ3v) is 7.68. The standard InChI is InChI=1S/C27H33F6N7O2/c1-39-12-10-18(11-13-39)40(2)24(42)16-6-8-17(9-7-16)36-25-34-14-20(27(31,32)33)22(38-25)37-21-5-3-4-19(21)23(41)35-15-26(28,29)30/h6-9,14,18-19,21H,3-5,10-13,15H2,1-2H3,(H,35,41)(H2,34,36,37,38)/t19-,21?/m0/s1. The van der Waals surface area contributed by atoms with E-state index in [1.165, 1.54) is 0 Å². The Hall–Kier alpha value is -3.62. The topological polar surface area (TPSA) is 102 Å². The number of hydrogen-bond donors (Lipinski definition) is 3. The Morgan fingerprint density at radius 1 is 1.02 bits per heavy atom. The molecule has 2 aliphatic rings. The number of nitrogens with one attached hydrogen (secondary N) is 3. The first-order valence-corrected chi connectivity index (χ1v) is 13.6. The SMILES string of the molecule is CN1CCC(N(C)C(=O)c2ccc(Nc3ncc(C(F)(F)F)c(NC4CCC[C@@H]4C(=O)NCC(F)(F)F)n3)cc2)CC1. The van der Waals surface area contributed by atoms with Crippen LogP contribution in [0.1, 0.15) is 48.0 Å². The first kappa shape index (κ1) is 31.3. The van der Waals surface area contributed by atoms with Gasteiger partial charge in [-0.1, -0.05) is 6.42 Å². The van der Waals surface area contributed by atoms with Crippen LogP contribution in [0.5, 0.6) is 0 Å². The van der Waals surface area contributed by atoms with E-state index >= 15 is 0 Å². The summed E-state index contributed by atoms with van der Waals surface area (Å²) in [5.74, 6) is -2.76. The summed E-state index contributed by atoms with van der Waals surface area (Å²) in [7, 11) is 3.81. The van der Waals surface area contributed by atoms with Crippen molar-refractivity contribution >= 4 is 29.3 Å². The molecule has 3 N–H and O–H groups in total. The lowest BCUT2D eigenvalue weighted by molar-refractivity contribution is -0.140. The number of benzene rings is 1. The van der Waals surface area contributed by atoms with E-state index in [1.807, 2.05) is 12.4 Å². The molecule has 2 atom stereocenters. The lowest BCUT2D eigenvalue weighted by atomic mass is 10.0. The molecule has 0 radical (unpaired) electrons. The maximum absolute atomic E-state index is 13.7. The van der Waals surface area contributed by atoms with Crippen LogP contribution in [0.25, 0.3) is 0 Å². The summed E-state index contributed by atoms with van der Waals surface area (Å²) in [6.07, 6.45) is -6.15. The Balaban J connectivity index is 1.46. The van der Waals surface area contributed by atoms with E-state index in [0.717, 1.165) is 25.9 Å². The molecule has 1 aliphatic carbocycles. The third kappa shape index (κ3) is 8.01. The van der Waals surface area contributed by atoms with Crippen LogP contribution in [0, 0.1) is 5.92 Å². The second-order valence-corrected chi connectivity index (χ2v) is 10.7. The Labute approximate surface area is 239 Å². The minimum Gasteiger partial charge on any atom is -0.366 e. The Morgan fingerprint density at radius 3 is 2.31 bits per heavy atom. The van der Waals surface area contributed by atoms with Gasteiger partial charge >= 0.3 is 12.4 Å². The van der Waals surface area contributed by atoms with E-state index in [2.05, 4.69) is 25.5 Å². The number of nitrogens with zero attached hydrogens (tertiary/aromatic N) is 4. The van der Waals surface area contributed by atoms with E-state index in [-0.39, 0.29) is 30.7 Å². The molecule has 2 aromatic rings. The number of amides is 2. The molecule has 4 rings (SSSR count). The van der Waals surface area contributed by atoms with Gasteiger partial charge in [0, 0.05) is 36.6 Å². The predicted octanol–water partition coefficient (Wildman–Crippen LogP) is 4.66. The van der Waals surface area contributed by atoms with Gasteiger partial charge in [-0.15, -0.1) is 0 Å². The molecule has 2 fully saturated rings. The number of rotatable bonds is 8. The molecule has 1 saturated carbocycles. The number of carbonyl (C=O) groups excluding carboxylic acids is 2. The molecule has 42 heavy (non-hydrogen) atoms. The number of halogens is 6. The number of anilines is 3. The molecule has 1 aromatic heterocycles. The van der Waals surface area contributed by atoms with Crippen molar-refractivity contribution < 1.29 is 35.9 Å². The highest BCUT2D eigenvalue weighted by Gasteiger charge is 2.39. The van der Waals surface area contributed by atoms with Crippen LogP contribution in [0.2, 0.25) is 0 Å². The minimum absolute atomic E-state index is 0.133. The van der Waals surface area contributed by atoms with Gasteiger partial charge in [0.1, 0.15) is 17.9 Å². The van der Waals surface area contributed by atoms with Crippen molar-refractivity contribution in [3.8, 4) is 0 Å². The van der Waals surface area contributed by atoms with Crippen LogP contribution in [-0.2, 0) is 11.0 Å². The van der Waals surface area contributed by atoms with Crippen LogP contribution >= 0.6 is 0 Å². The highest BCUT2D eigenvalue weighted by Crippen LogP contribution is 2.37. The van der Waals surface area contributed by atoms with Gasteiger partial charge in [0.15, 0.2) is 0 Å². The molecule has 15 heteroatoms. The van der Waals surface area contributed by atoms with E-state index in [9.17, 15) is 35.9 Å². The molecule has 9 nitrogen and oxygen atoms in total. The zero-order valence-corrected chi connectivity index (χ0v) is 23.1. The molecule has 1 saturated heterocycles. The molecule has 2 amide bonds. The quantitative estimate of drug-likeness (QED) is 0.378. The lowest BCUT2D eigenvalue weighted by Crippen LogP contribution is -2.44. The molecule has 1 aromatic carbocycles. The summed E-state index contributed by atoms with van der Waals surface area (Å²) in [6, 6.07) is 5.65. The highest BCUT2D eigenvalue weighted by atomic mass is 19.4. The normalized spacial score (nSPS) is 20.3. The second kappa shape index (κ2) is 12.7. The van der Waals surface area contributed by atoms with Gasteiger partial charge in [0.25, 0.3) is 5.91 Å². The Bertz CT molecular complexity index is 1250. The van der Waals surface area contributed by atoms with Gasteiger partial charge in [0.05, 0.1) is 5.92 Å². The number of hydrogen-bond acceptors (Lipinski definition) is 7. The zero-order valence-electron chi connectivity index (χ0n) is 23.1. The van der Waals surface area contributed by atoms with Crippen LogP contribution in [0.4, 0.5) is 43.8 Å².